The molecule has 0 saturated carbocycles. The first-order valence-corrected chi connectivity index (χ1v) is 18.3. The Morgan fingerprint density at radius 3 is 1.25 bits per heavy atom. The van der Waals surface area contributed by atoms with E-state index in [2.05, 4.69) is 119 Å². The first-order valence-electron chi connectivity index (χ1n) is 17.5. The lowest BCUT2D eigenvalue weighted by Crippen LogP contribution is -2.10. The van der Waals surface area contributed by atoms with Gasteiger partial charge in [0.05, 0.1) is 33.2 Å². The van der Waals surface area contributed by atoms with Gasteiger partial charge in [0.15, 0.2) is 0 Å². The molecular formula is C46H28N4O2S. The summed E-state index contributed by atoms with van der Waals surface area (Å²) in [6.45, 7) is 0. The van der Waals surface area contributed by atoms with E-state index in [-0.39, 0.29) is 0 Å². The summed E-state index contributed by atoms with van der Waals surface area (Å²) in [6, 6.07) is 54.4. The number of aromatic nitrogens is 2. The lowest BCUT2D eigenvalue weighted by Gasteiger charge is -2.25. The van der Waals surface area contributed by atoms with Gasteiger partial charge in [-0.1, -0.05) is 72.8 Å². The van der Waals surface area contributed by atoms with Gasteiger partial charge in [0.1, 0.15) is 33.4 Å². The van der Waals surface area contributed by atoms with Crippen LogP contribution in [0.5, 0.6) is 0 Å². The largest absolute Gasteiger partial charge is 0.456 e. The third-order valence-electron chi connectivity index (χ3n) is 9.91. The molecule has 0 spiro atoms. The molecule has 0 fully saturated rings. The monoisotopic (exact) mass is 700 g/mol. The van der Waals surface area contributed by atoms with E-state index in [4.69, 9.17) is 18.8 Å². The third-order valence-corrected chi connectivity index (χ3v) is 11.0. The van der Waals surface area contributed by atoms with Gasteiger partial charge in [-0.2, -0.15) is 0 Å². The minimum absolute atomic E-state index is 0.847. The van der Waals surface area contributed by atoms with Gasteiger partial charge in [0.2, 0.25) is 0 Å². The SMILES string of the molecule is c1ccc(N(c2ccc3c(c2)oc2ccccc23)c2cnc3c(c2)sc2cc(N(c4ccccc4)c4ccc5c(c4)oc4ccccc45)cnc23)cc1. The van der Waals surface area contributed by atoms with Crippen molar-refractivity contribution in [3.8, 4) is 0 Å². The lowest BCUT2D eigenvalue weighted by molar-refractivity contribution is 0.668. The highest BCUT2D eigenvalue weighted by atomic mass is 32.1. The molecule has 0 aliphatic carbocycles. The van der Waals surface area contributed by atoms with Crippen molar-refractivity contribution in [3.63, 3.8) is 0 Å². The molecule has 0 saturated heterocycles. The van der Waals surface area contributed by atoms with Gasteiger partial charge in [0.25, 0.3) is 0 Å². The van der Waals surface area contributed by atoms with Crippen LogP contribution in [0.1, 0.15) is 0 Å². The number of hydrogen-bond acceptors (Lipinski definition) is 7. The maximum atomic E-state index is 6.30. The standard InChI is InChI=1S/C46H28N4O2S/c1-3-11-29(12-4-1)49(31-19-21-37-35-15-7-9-17-39(35)51-41(37)23-31)33-25-43-45(47-27-33)46-44(53-43)26-34(28-48-46)50(30-13-5-2-6-14-30)32-20-22-38-36-16-8-10-18-40(36)52-42(38)24-32/h1-28H. The highest BCUT2D eigenvalue weighted by Crippen LogP contribution is 2.43. The Labute approximate surface area is 307 Å². The summed E-state index contributed by atoms with van der Waals surface area (Å²) < 4.78 is 14.7. The molecule has 0 N–H and O–H groups in total. The molecule has 11 rings (SSSR count). The van der Waals surface area contributed by atoms with E-state index >= 15 is 0 Å². The fourth-order valence-corrected chi connectivity index (χ4v) is 8.59. The predicted molar refractivity (Wildman–Crippen MR) is 219 cm³/mol. The molecule has 250 valence electrons. The summed E-state index contributed by atoms with van der Waals surface area (Å²) in [5, 5.41) is 4.42. The van der Waals surface area contributed by atoms with Crippen molar-refractivity contribution in [2.75, 3.05) is 9.80 Å². The highest BCUT2D eigenvalue weighted by molar-refractivity contribution is 7.25. The van der Waals surface area contributed by atoms with Crippen molar-refractivity contribution in [1.82, 2.24) is 9.97 Å². The molecule has 0 atom stereocenters. The Hall–Kier alpha value is -6.96. The molecule has 0 unspecified atom stereocenters. The number of anilines is 6. The molecule has 0 aliphatic rings. The van der Waals surface area contributed by atoms with Crippen molar-refractivity contribution in [2.45, 2.75) is 0 Å². The maximum Gasteiger partial charge on any atom is 0.137 e. The summed E-state index contributed by atoms with van der Waals surface area (Å²) >= 11 is 1.70. The van der Waals surface area contributed by atoms with Crippen LogP contribution in [-0.2, 0) is 0 Å². The van der Waals surface area contributed by atoms with Crippen LogP contribution in [0.3, 0.4) is 0 Å². The molecule has 0 aliphatic heterocycles. The van der Waals surface area contributed by atoms with E-state index in [0.717, 1.165) is 98.4 Å². The fraction of sp³-hybridized carbons (Fsp3) is 0. The van der Waals surface area contributed by atoms with Crippen LogP contribution in [0.25, 0.3) is 64.3 Å². The zero-order valence-corrected chi connectivity index (χ0v) is 29.0. The average Bonchev–Trinajstić information content (AvgIpc) is 3.89. The van der Waals surface area contributed by atoms with Crippen molar-refractivity contribution in [3.05, 3.63) is 170 Å². The van der Waals surface area contributed by atoms with Crippen LogP contribution in [-0.4, -0.2) is 9.97 Å². The van der Waals surface area contributed by atoms with Gasteiger partial charge in [-0.25, -0.2) is 0 Å². The first-order chi connectivity index (χ1) is 26.2. The van der Waals surface area contributed by atoms with Gasteiger partial charge in [0, 0.05) is 56.4 Å². The molecule has 0 radical (unpaired) electrons. The number of hydrogen-bond donors (Lipinski definition) is 0. The van der Waals surface area contributed by atoms with E-state index in [9.17, 15) is 0 Å². The number of fused-ring (bicyclic) bond motifs is 9. The van der Waals surface area contributed by atoms with Gasteiger partial charge in [-0.15, -0.1) is 11.3 Å². The normalized spacial score (nSPS) is 11.8. The Balaban J connectivity index is 1.03. The average molecular weight is 701 g/mol. The van der Waals surface area contributed by atoms with Crippen LogP contribution >= 0.6 is 11.3 Å². The summed E-state index contributed by atoms with van der Waals surface area (Å²) in [6.07, 6.45) is 3.89. The maximum absolute atomic E-state index is 6.30. The Kier molecular flexibility index (Phi) is 6.62. The molecular weight excluding hydrogens is 673 g/mol. The molecule has 11 aromatic rings. The minimum atomic E-state index is 0.847. The van der Waals surface area contributed by atoms with Gasteiger partial charge in [-0.05, 0) is 72.8 Å². The highest BCUT2D eigenvalue weighted by Gasteiger charge is 2.20. The molecule has 53 heavy (non-hydrogen) atoms. The van der Waals surface area contributed by atoms with E-state index in [0.29, 0.717) is 0 Å². The molecule has 0 amide bonds. The number of pyridine rings is 2. The van der Waals surface area contributed by atoms with Crippen molar-refractivity contribution >= 4 is 110 Å². The zero-order chi connectivity index (χ0) is 34.9. The van der Waals surface area contributed by atoms with E-state index in [1.165, 1.54) is 0 Å². The summed E-state index contributed by atoms with van der Waals surface area (Å²) in [5.41, 5.74) is 11.2. The molecule has 0 bridgehead atoms. The van der Waals surface area contributed by atoms with Crippen molar-refractivity contribution in [1.29, 1.82) is 0 Å². The quantitative estimate of drug-likeness (QED) is 0.172. The van der Waals surface area contributed by atoms with Crippen LogP contribution in [0.4, 0.5) is 34.1 Å². The topological polar surface area (TPSA) is 58.5 Å². The summed E-state index contributed by atoms with van der Waals surface area (Å²) in [4.78, 5) is 14.5. The summed E-state index contributed by atoms with van der Waals surface area (Å²) in [7, 11) is 0. The van der Waals surface area contributed by atoms with Crippen LogP contribution in [0.2, 0.25) is 0 Å². The van der Waals surface area contributed by atoms with E-state index in [1.807, 2.05) is 60.9 Å². The lowest BCUT2D eigenvalue weighted by atomic mass is 10.1. The molecule has 7 heteroatoms. The molecule has 6 aromatic carbocycles. The molecule has 6 nitrogen and oxygen atoms in total. The predicted octanol–water partition coefficient (Wildman–Crippen LogP) is 13.6. The van der Waals surface area contributed by atoms with Gasteiger partial charge >= 0.3 is 0 Å². The fourth-order valence-electron chi connectivity index (χ4n) is 7.50. The summed E-state index contributed by atoms with van der Waals surface area (Å²) in [5.74, 6) is 0. The van der Waals surface area contributed by atoms with Crippen LogP contribution in [0, 0.1) is 0 Å². The van der Waals surface area contributed by atoms with Gasteiger partial charge < -0.3 is 18.6 Å². The van der Waals surface area contributed by atoms with Crippen LogP contribution in [0.15, 0.2) is 179 Å². The number of nitrogens with zero attached hydrogens (tertiary/aromatic N) is 4. The van der Waals surface area contributed by atoms with Crippen molar-refractivity contribution in [2.24, 2.45) is 0 Å². The zero-order valence-electron chi connectivity index (χ0n) is 28.2. The third kappa shape index (κ3) is 4.86. The second-order valence-electron chi connectivity index (χ2n) is 13.1. The Morgan fingerprint density at radius 1 is 0.358 bits per heavy atom. The Morgan fingerprint density at radius 2 is 0.774 bits per heavy atom. The second-order valence-corrected chi connectivity index (χ2v) is 14.2. The number of rotatable bonds is 6. The first kappa shape index (κ1) is 29.7. The number of benzene rings is 6. The Bertz CT molecular complexity index is 2940. The number of thiophene rings is 1. The van der Waals surface area contributed by atoms with E-state index in [1.54, 1.807) is 11.3 Å². The van der Waals surface area contributed by atoms with Crippen LogP contribution < -0.4 is 9.80 Å². The van der Waals surface area contributed by atoms with Gasteiger partial charge in [-0.3, -0.25) is 9.97 Å². The second kappa shape index (κ2) is 11.8. The molecule has 5 heterocycles. The van der Waals surface area contributed by atoms with E-state index < -0.39 is 0 Å². The number of furan rings is 2. The van der Waals surface area contributed by atoms with Crippen molar-refractivity contribution < 1.29 is 8.83 Å². The minimum Gasteiger partial charge on any atom is -0.456 e. The number of para-hydroxylation sites is 4. The smallest absolute Gasteiger partial charge is 0.137 e. The molecule has 5 aromatic heterocycles.